The van der Waals surface area contributed by atoms with Crippen LogP contribution in [0.1, 0.15) is 31.0 Å². The number of amides is 1. The van der Waals surface area contributed by atoms with E-state index in [1.54, 1.807) is 0 Å². The number of halogens is 1. The summed E-state index contributed by atoms with van der Waals surface area (Å²) in [5.74, 6) is 2.53. The molecule has 2 aliphatic rings. The molecule has 27 heavy (non-hydrogen) atoms. The first-order valence-corrected chi connectivity index (χ1v) is 10.2. The zero-order chi connectivity index (χ0) is 18.8. The maximum atomic E-state index is 12.1. The van der Waals surface area contributed by atoms with Crippen LogP contribution in [0.5, 0.6) is 0 Å². The molecule has 1 aromatic heterocycles. The number of fused-ring (bicyclic) bond motifs is 1. The number of hydrogen-bond donors (Lipinski definition) is 0. The SMILES string of the molecule is CC1CCN(c2nc(-c3ccccc3)nc3c2CN(C(=O)CCl)CC3)CC1. The van der Waals surface area contributed by atoms with Gasteiger partial charge < -0.3 is 9.80 Å². The van der Waals surface area contributed by atoms with Crippen LogP contribution in [0.4, 0.5) is 5.82 Å². The number of aromatic nitrogens is 2. The van der Waals surface area contributed by atoms with Crippen LogP contribution in [0, 0.1) is 5.92 Å². The number of hydrogen-bond acceptors (Lipinski definition) is 4. The van der Waals surface area contributed by atoms with Crippen LogP contribution in [-0.4, -0.2) is 46.3 Å². The van der Waals surface area contributed by atoms with Crippen molar-refractivity contribution >= 4 is 23.3 Å². The molecule has 142 valence electrons. The van der Waals surface area contributed by atoms with E-state index in [0.29, 0.717) is 13.1 Å². The third-order valence-electron chi connectivity index (χ3n) is 5.62. The summed E-state index contributed by atoms with van der Waals surface area (Å²) >= 11 is 5.79. The molecule has 1 saturated heterocycles. The second-order valence-corrected chi connectivity index (χ2v) is 7.80. The van der Waals surface area contributed by atoms with E-state index in [4.69, 9.17) is 21.6 Å². The zero-order valence-corrected chi connectivity index (χ0v) is 16.5. The normalized spacial score (nSPS) is 17.7. The first-order chi connectivity index (χ1) is 13.2. The lowest BCUT2D eigenvalue weighted by molar-refractivity contribution is -0.129. The smallest absolute Gasteiger partial charge is 0.237 e. The second-order valence-electron chi connectivity index (χ2n) is 7.53. The van der Waals surface area contributed by atoms with Crippen LogP contribution in [0.25, 0.3) is 11.4 Å². The quantitative estimate of drug-likeness (QED) is 0.760. The Morgan fingerprint density at radius 1 is 1.15 bits per heavy atom. The van der Waals surface area contributed by atoms with Crippen molar-refractivity contribution in [2.45, 2.75) is 32.7 Å². The van der Waals surface area contributed by atoms with Crippen LogP contribution < -0.4 is 4.90 Å². The standard InChI is InChI=1S/C21H25ClN4O/c1-15-7-10-25(11-8-15)21-17-14-26(19(27)13-22)12-9-18(17)23-20(24-21)16-5-3-2-4-6-16/h2-6,15H,7-14H2,1H3. The number of anilines is 1. The lowest BCUT2D eigenvalue weighted by atomic mass is 9.98. The summed E-state index contributed by atoms with van der Waals surface area (Å²) in [6.45, 7) is 5.53. The Balaban J connectivity index is 1.75. The van der Waals surface area contributed by atoms with Crippen molar-refractivity contribution in [3.8, 4) is 11.4 Å². The molecular weight excluding hydrogens is 360 g/mol. The number of benzene rings is 1. The van der Waals surface area contributed by atoms with Gasteiger partial charge in [0.25, 0.3) is 0 Å². The molecule has 0 atom stereocenters. The molecule has 2 aromatic rings. The van der Waals surface area contributed by atoms with Gasteiger partial charge in [-0.05, 0) is 18.8 Å². The van der Waals surface area contributed by atoms with Crippen LogP contribution in [0.3, 0.4) is 0 Å². The average Bonchev–Trinajstić information content (AvgIpc) is 2.73. The van der Waals surface area contributed by atoms with Gasteiger partial charge in [-0.25, -0.2) is 9.97 Å². The van der Waals surface area contributed by atoms with Crippen molar-refractivity contribution in [3.63, 3.8) is 0 Å². The van der Waals surface area contributed by atoms with Crippen LogP contribution in [0.15, 0.2) is 30.3 Å². The average molecular weight is 385 g/mol. The first kappa shape index (κ1) is 18.2. The lowest BCUT2D eigenvalue weighted by Crippen LogP contribution is -2.40. The van der Waals surface area contributed by atoms with E-state index >= 15 is 0 Å². The molecule has 3 heterocycles. The Bertz CT molecular complexity index is 818. The summed E-state index contributed by atoms with van der Waals surface area (Å²) in [4.78, 5) is 26.2. The molecule has 0 spiro atoms. The predicted molar refractivity (Wildman–Crippen MR) is 108 cm³/mol. The van der Waals surface area contributed by atoms with Crippen LogP contribution >= 0.6 is 11.6 Å². The largest absolute Gasteiger partial charge is 0.356 e. The molecule has 0 aliphatic carbocycles. The van der Waals surface area contributed by atoms with Gasteiger partial charge in [0.15, 0.2) is 5.82 Å². The number of nitrogens with zero attached hydrogens (tertiary/aromatic N) is 4. The molecule has 4 rings (SSSR count). The summed E-state index contributed by atoms with van der Waals surface area (Å²) in [6.07, 6.45) is 3.09. The minimum absolute atomic E-state index is 0.0207. The second kappa shape index (κ2) is 7.85. The van der Waals surface area contributed by atoms with Gasteiger partial charge in [-0.3, -0.25) is 4.79 Å². The third kappa shape index (κ3) is 3.79. The Kier molecular flexibility index (Phi) is 5.30. The maximum absolute atomic E-state index is 12.1. The molecule has 0 radical (unpaired) electrons. The maximum Gasteiger partial charge on any atom is 0.237 e. The highest BCUT2D eigenvalue weighted by Crippen LogP contribution is 2.32. The molecule has 2 aliphatic heterocycles. The van der Waals surface area contributed by atoms with Gasteiger partial charge in [-0.2, -0.15) is 0 Å². The Morgan fingerprint density at radius 3 is 2.59 bits per heavy atom. The van der Waals surface area contributed by atoms with Gasteiger partial charge in [0.2, 0.25) is 5.91 Å². The fourth-order valence-corrected chi connectivity index (χ4v) is 4.06. The summed E-state index contributed by atoms with van der Waals surface area (Å²) in [5, 5.41) is 0. The molecule has 0 unspecified atom stereocenters. The fraction of sp³-hybridized carbons (Fsp3) is 0.476. The molecular formula is C21H25ClN4O. The highest BCUT2D eigenvalue weighted by Gasteiger charge is 2.28. The van der Waals surface area contributed by atoms with E-state index in [-0.39, 0.29) is 11.8 Å². The number of rotatable bonds is 3. The molecule has 6 heteroatoms. The van der Waals surface area contributed by atoms with E-state index in [1.165, 1.54) is 12.8 Å². The monoisotopic (exact) mass is 384 g/mol. The minimum Gasteiger partial charge on any atom is -0.356 e. The van der Waals surface area contributed by atoms with Gasteiger partial charge in [-0.1, -0.05) is 37.3 Å². The Hall–Kier alpha value is -2.14. The van der Waals surface area contributed by atoms with E-state index in [2.05, 4.69) is 24.0 Å². The predicted octanol–water partition coefficient (Wildman–Crippen LogP) is 3.50. The van der Waals surface area contributed by atoms with E-state index in [0.717, 1.165) is 53.9 Å². The van der Waals surface area contributed by atoms with Crippen molar-refractivity contribution in [1.29, 1.82) is 0 Å². The fourth-order valence-electron chi connectivity index (χ4n) is 3.89. The minimum atomic E-state index is -0.0207. The lowest BCUT2D eigenvalue weighted by Gasteiger charge is -2.36. The molecule has 0 bridgehead atoms. The highest BCUT2D eigenvalue weighted by atomic mass is 35.5. The van der Waals surface area contributed by atoms with Crippen molar-refractivity contribution in [2.75, 3.05) is 30.4 Å². The van der Waals surface area contributed by atoms with Gasteiger partial charge in [0, 0.05) is 37.2 Å². The summed E-state index contributed by atoms with van der Waals surface area (Å²) in [7, 11) is 0. The zero-order valence-electron chi connectivity index (χ0n) is 15.7. The van der Waals surface area contributed by atoms with Crippen molar-refractivity contribution in [3.05, 3.63) is 41.6 Å². The summed E-state index contributed by atoms with van der Waals surface area (Å²) in [5.41, 5.74) is 3.19. The molecule has 1 amide bonds. The van der Waals surface area contributed by atoms with Gasteiger partial charge in [-0.15, -0.1) is 11.6 Å². The number of alkyl halides is 1. The molecule has 0 N–H and O–H groups in total. The number of carbonyl (C=O) groups is 1. The topological polar surface area (TPSA) is 49.3 Å². The van der Waals surface area contributed by atoms with Gasteiger partial charge in [0.1, 0.15) is 11.7 Å². The number of carbonyl (C=O) groups excluding carboxylic acids is 1. The number of piperidine rings is 1. The van der Waals surface area contributed by atoms with Gasteiger partial charge >= 0.3 is 0 Å². The van der Waals surface area contributed by atoms with Crippen LogP contribution in [-0.2, 0) is 17.8 Å². The van der Waals surface area contributed by atoms with Crippen molar-refractivity contribution in [2.24, 2.45) is 5.92 Å². The van der Waals surface area contributed by atoms with E-state index in [9.17, 15) is 4.79 Å². The third-order valence-corrected chi connectivity index (χ3v) is 5.85. The van der Waals surface area contributed by atoms with E-state index in [1.807, 2.05) is 23.1 Å². The summed E-state index contributed by atoms with van der Waals surface area (Å²) < 4.78 is 0. The van der Waals surface area contributed by atoms with Crippen LogP contribution in [0.2, 0.25) is 0 Å². The molecule has 0 saturated carbocycles. The first-order valence-electron chi connectivity index (χ1n) is 9.69. The molecule has 5 nitrogen and oxygen atoms in total. The molecule has 1 fully saturated rings. The Labute approximate surface area is 165 Å². The molecule has 1 aromatic carbocycles. The van der Waals surface area contributed by atoms with Gasteiger partial charge in [0.05, 0.1) is 12.2 Å². The van der Waals surface area contributed by atoms with Crippen molar-refractivity contribution < 1.29 is 4.79 Å². The Morgan fingerprint density at radius 2 is 1.89 bits per heavy atom. The summed E-state index contributed by atoms with van der Waals surface area (Å²) in [6, 6.07) is 10.1. The van der Waals surface area contributed by atoms with Crippen molar-refractivity contribution in [1.82, 2.24) is 14.9 Å². The highest BCUT2D eigenvalue weighted by molar-refractivity contribution is 6.27. The van der Waals surface area contributed by atoms with E-state index < -0.39 is 0 Å².